The summed E-state index contributed by atoms with van der Waals surface area (Å²) < 4.78 is 18.0. The first kappa shape index (κ1) is 17.6. The molecule has 2 aromatic rings. The maximum Gasteiger partial charge on any atom is 0.123 e. The van der Waals surface area contributed by atoms with Crippen LogP contribution in [0, 0.1) is 0 Å². The van der Waals surface area contributed by atoms with Crippen molar-refractivity contribution in [3.63, 3.8) is 0 Å². The molecule has 1 unspecified atom stereocenters. The molecule has 0 aliphatic carbocycles. The van der Waals surface area contributed by atoms with Crippen LogP contribution in [0.3, 0.4) is 0 Å². The van der Waals surface area contributed by atoms with E-state index in [4.69, 9.17) is 10.5 Å². The molecule has 0 saturated heterocycles. The third kappa shape index (κ3) is 5.41. The summed E-state index contributed by atoms with van der Waals surface area (Å²) in [6, 6.07) is 15.7. The summed E-state index contributed by atoms with van der Waals surface area (Å²) in [4.78, 5) is 1.32. The molecule has 1 heterocycles. The fourth-order valence-corrected chi connectivity index (χ4v) is 3.11. The fraction of sp³-hybridized carbons (Fsp3) is 0.263. The van der Waals surface area contributed by atoms with Crippen molar-refractivity contribution in [3.05, 3.63) is 71.1 Å². The second-order valence-electron chi connectivity index (χ2n) is 5.15. The first-order chi connectivity index (χ1) is 11.2. The lowest BCUT2D eigenvalue weighted by molar-refractivity contribution is 0.340. The van der Waals surface area contributed by atoms with Gasteiger partial charge in [0.1, 0.15) is 11.9 Å². The number of halogens is 1. The highest BCUT2D eigenvalue weighted by molar-refractivity contribution is 8.02. The molecular weight excluding hydrogens is 309 g/mol. The molecule has 2 N–H and O–H groups in total. The number of hydrogen-bond donors (Lipinski definition) is 1. The molecule has 0 radical (unpaired) electrons. The van der Waals surface area contributed by atoms with Gasteiger partial charge in [-0.1, -0.05) is 54.2 Å². The predicted octanol–water partition coefficient (Wildman–Crippen LogP) is 4.38. The molecule has 2 nitrogen and oxygen atoms in total. The Balaban J connectivity index is 0.000000168. The molecule has 4 heteroatoms. The molecule has 0 spiro atoms. The lowest BCUT2D eigenvalue weighted by Crippen LogP contribution is -2.17. The van der Waals surface area contributed by atoms with Gasteiger partial charge >= 0.3 is 0 Å². The minimum absolute atomic E-state index is 0.106. The van der Waals surface area contributed by atoms with E-state index in [1.54, 1.807) is 18.9 Å². The fourth-order valence-electron chi connectivity index (χ4n) is 2.29. The van der Waals surface area contributed by atoms with E-state index in [1.165, 1.54) is 10.5 Å². The highest BCUT2D eigenvalue weighted by Gasteiger charge is 2.09. The highest BCUT2D eigenvalue weighted by Crippen LogP contribution is 2.34. The average molecular weight is 331 g/mol. The molecule has 1 atom stereocenters. The van der Waals surface area contributed by atoms with Gasteiger partial charge in [-0.25, -0.2) is 4.39 Å². The summed E-state index contributed by atoms with van der Waals surface area (Å²) in [5.41, 5.74) is 7.46. The largest absolute Gasteiger partial charge is 0.496 e. The van der Waals surface area contributed by atoms with Gasteiger partial charge in [-0.2, -0.15) is 0 Å². The number of alkyl halides is 1. The van der Waals surface area contributed by atoms with E-state index in [-0.39, 0.29) is 6.54 Å². The third-order valence-corrected chi connectivity index (χ3v) is 4.44. The van der Waals surface area contributed by atoms with Gasteiger partial charge in [-0.05, 0) is 29.5 Å². The van der Waals surface area contributed by atoms with Gasteiger partial charge in [0.2, 0.25) is 0 Å². The van der Waals surface area contributed by atoms with Crippen LogP contribution in [0.1, 0.15) is 11.1 Å². The number of fused-ring (bicyclic) bond motifs is 1. The number of allylic oxidation sites excluding steroid dienone is 1. The van der Waals surface area contributed by atoms with Crippen LogP contribution < -0.4 is 10.5 Å². The van der Waals surface area contributed by atoms with Gasteiger partial charge < -0.3 is 10.5 Å². The Labute approximate surface area is 141 Å². The Hall–Kier alpha value is -1.78. The van der Waals surface area contributed by atoms with E-state index in [0.29, 0.717) is 6.42 Å². The van der Waals surface area contributed by atoms with E-state index >= 15 is 0 Å². The average Bonchev–Trinajstić information content (AvgIpc) is 2.62. The Morgan fingerprint density at radius 1 is 1.17 bits per heavy atom. The van der Waals surface area contributed by atoms with Crippen LogP contribution in [-0.2, 0) is 12.8 Å². The molecule has 1 aliphatic heterocycles. The van der Waals surface area contributed by atoms with Gasteiger partial charge in [0.05, 0.1) is 7.11 Å². The molecule has 0 fully saturated rings. The molecule has 23 heavy (non-hydrogen) atoms. The summed E-state index contributed by atoms with van der Waals surface area (Å²) in [5, 5.41) is 2.13. The molecule has 122 valence electrons. The van der Waals surface area contributed by atoms with Crippen LogP contribution >= 0.6 is 11.8 Å². The smallest absolute Gasteiger partial charge is 0.123 e. The minimum Gasteiger partial charge on any atom is -0.496 e. The minimum atomic E-state index is -0.905. The summed E-state index contributed by atoms with van der Waals surface area (Å²) in [5.74, 6) is 1.00. The van der Waals surface area contributed by atoms with Crippen molar-refractivity contribution in [2.75, 3.05) is 13.7 Å². The summed E-state index contributed by atoms with van der Waals surface area (Å²) in [6.07, 6.45) is 2.68. The van der Waals surface area contributed by atoms with Gasteiger partial charge in [0, 0.05) is 23.4 Å². The molecule has 3 rings (SSSR count). The molecule has 0 aromatic heterocycles. The number of rotatable bonds is 4. The van der Waals surface area contributed by atoms with Crippen molar-refractivity contribution >= 4 is 11.8 Å². The van der Waals surface area contributed by atoms with Crippen molar-refractivity contribution in [1.82, 2.24) is 0 Å². The Morgan fingerprint density at radius 2 is 1.96 bits per heavy atom. The molecular formula is C19H22FNOS. The third-order valence-electron chi connectivity index (χ3n) is 3.48. The first-order valence-electron chi connectivity index (χ1n) is 7.60. The quantitative estimate of drug-likeness (QED) is 0.903. The van der Waals surface area contributed by atoms with Crippen LogP contribution in [0.4, 0.5) is 4.39 Å². The van der Waals surface area contributed by atoms with Crippen LogP contribution in [0.5, 0.6) is 5.75 Å². The van der Waals surface area contributed by atoms with Gasteiger partial charge in [0.15, 0.2) is 0 Å². The molecule has 0 saturated carbocycles. The summed E-state index contributed by atoms with van der Waals surface area (Å²) in [7, 11) is 1.72. The zero-order valence-corrected chi connectivity index (χ0v) is 14.1. The van der Waals surface area contributed by atoms with E-state index in [2.05, 4.69) is 17.6 Å². The van der Waals surface area contributed by atoms with E-state index in [0.717, 1.165) is 17.7 Å². The van der Waals surface area contributed by atoms with E-state index < -0.39 is 6.17 Å². The van der Waals surface area contributed by atoms with E-state index in [1.807, 2.05) is 42.5 Å². The van der Waals surface area contributed by atoms with Crippen molar-refractivity contribution in [2.45, 2.75) is 23.9 Å². The predicted molar refractivity (Wildman–Crippen MR) is 95.8 cm³/mol. The zero-order valence-electron chi connectivity index (χ0n) is 13.2. The SMILES string of the molecule is COc1cccc2c1CC=CS2.NCC(F)Cc1ccccc1. The Bertz CT molecular complexity index is 631. The lowest BCUT2D eigenvalue weighted by Gasteiger charge is -2.13. The van der Waals surface area contributed by atoms with Gasteiger partial charge in [-0.3, -0.25) is 0 Å². The van der Waals surface area contributed by atoms with E-state index in [9.17, 15) is 4.39 Å². The molecule has 0 amide bonds. The zero-order chi connectivity index (χ0) is 16.5. The maximum absolute atomic E-state index is 12.7. The van der Waals surface area contributed by atoms with Crippen LogP contribution in [0.2, 0.25) is 0 Å². The summed E-state index contributed by atoms with van der Waals surface area (Å²) in [6.45, 7) is 0.106. The van der Waals surface area contributed by atoms with Crippen molar-refractivity contribution < 1.29 is 9.13 Å². The molecule has 0 bridgehead atoms. The summed E-state index contributed by atoms with van der Waals surface area (Å²) >= 11 is 1.76. The number of ether oxygens (including phenoxy) is 1. The number of hydrogen-bond acceptors (Lipinski definition) is 3. The second-order valence-corrected chi connectivity index (χ2v) is 6.10. The van der Waals surface area contributed by atoms with Crippen molar-refractivity contribution in [3.8, 4) is 5.75 Å². The topological polar surface area (TPSA) is 35.2 Å². The maximum atomic E-state index is 12.7. The Kier molecular flexibility index (Phi) is 7.17. The lowest BCUT2D eigenvalue weighted by atomic mass is 10.1. The standard InChI is InChI=1S/C10H10OS.C9H12FN/c1-11-9-5-2-6-10-8(9)4-3-7-12-10;10-9(7-11)6-8-4-2-1-3-5-8/h2-3,5-7H,4H2,1H3;1-5,9H,6-7,11H2. The van der Waals surface area contributed by atoms with Gasteiger partial charge in [0.25, 0.3) is 0 Å². The van der Waals surface area contributed by atoms with Crippen molar-refractivity contribution in [2.24, 2.45) is 5.73 Å². The number of methoxy groups -OCH3 is 1. The second kappa shape index (κ2) is 9.38. The highest BCUT2D eigenvalue weighted by atomic mass is 32.2. The first-order valence-corrected chi connectivity index (χ1v) is 8.48. The van der Waals surface area contributed by atoms with Gasteiger partial charge in [-0.15, -0.1) is 0 Å². The normalized spacial score (nSPS) is 13.5. The van der Waals surface area contributed by atoms with Crippen LogP contribution in [0.15, 0.2) is 64.9 Å². The number of nitrogens with two attached hydrogens (primary N) is 1. The Morgan fingerprint density at radius 3 is 2.65 bits per heavy atom. The monoisotopic (exact) mass is 331 g/mol. The molecule has 2 aromatic carbocycles. The molecule has 1 aliphatic rings. The number of benzene rings is 2. The number of thioether (sulfide) groups is 1. The van der Waals surface area contributed by atoms with Crippen LogP contribution in [0.25, 0.3) is 0 Å². The van der Waals surface area contributed by atoms with Crippen molar-refractivity contribution in [1.29, 1.82) is 0 Å². The van der Waals surface area contributed by atoms with Crippen LogP contribution in [-0.4, -0.2) is 19.8 Å².